The Labute approximate surface area is 129 Å². The lowest BCUT2D eigenvalue weighted by Crippen LogP contribution is -2.25. The lowest BCUT2D eigenvalue weighted by molar-refractivity contribution is 0.0925. The van der Waals surface area contributed by atoms with Gasteiger partial charge < -0.3 is 14.8 Å². The average Bonchev–Trinajstić information content (AvgIpc) is 2.80. The Morgan fingerprint density at radius 1 is 1.48 bits per heavy atom. The van der Waals surface area contributed by atoms with Crippen LogP contribution >= 0.6 is 11.6 Å². The number of nitrogens with one attached hydrogen (secondary N) is 1. The molecule has 0 bridgehead atoms. The molecule has 1 unspecified atom stereocenters. The van der Waals surface area contributed by atoms with Crippen molar-refractivity contribution in [3.63, 3.8) is 0 Å². The Kier molecular flexibility index (Phi) is 5.26. The van der Waals surface area contributed by atoms with Crippen LogP contribution in [-0.4, -0.2) is 24.2 Å². The molecule has 0 fully saturated rings. The summed E-state index contributed by atoms with van der Waals surface area (Å²) in [7, 11) is 0. The van der Waals surface area contributed by atoms with Crippen LogP contribution in [0, 0.1) is 12.8 Å². The minimum atomic E-state index is -0.212. The lowest BCUT2D eigenvalue weighted by Gasteiger charge is -2.07. The summed E-state index contributed by atoms with van der Waals surface area (Å²) >= 11 is 5.96. The Hall–Kier alpha value is -1.52. The van der Waals surface area contributed by atoms with Gasteiger partial charge in [-0.3, -0.25) is 4.79 Å². The van der Waals surface area contributed by atoms with E-state index in [1.807, 2.05) is 13.8 Å². The summed E-state index contributed by atoms with van der Waals surface area (Å²) in [6.45, 7) is 4.58. The smallest absolute Gasteiger partial charge is 0.287 e. The average molecular weight is 310 g/mol. The number of rotatable bonds is 6. The van der Waals surface area contributed by atoms with Gasteiger partial charge in [0.15, 0.2) is 5.76 Å². The van der Waals surface area contributed by atoms with E-state index in [0.29, 0.717) is 22.9 Å². The van der Waals surface area contributed by atoms with Crippen molar-refractivity contribution in [2.75, 3.05) is 13.2 Å². The second-order valence-electron chi connectivity index (χ2n) is 5.38. The van der Waals surface area contributed by atoms with E-state index in [4.69, 9.17) is 21.1 Å². The molecule has 0 aliphatic carbocycles. The molecule has 21 heavy (non-hydrogen) atoms. The summed E-state index contributed by atoms with van der Waals surface area (Å²) in [5, 5.41) is 13.3. The molecule has 2 N–H and O–H groups in total. The molecule has 2 aromatic rings. The van der Waals surface area contributed by atoms with E-state index in [9.17, 15) is 4.79 Å². The summed E-state index contributed by atoms with van der Waals surface area (Å²) in [4.78, 5) is 12.1. The number of benzene rings is 1. The molecule has 1 aromatic heterocycles. The highest BCUT2D eigenvalue weighted by Crippen LogP contribution is 2.27. The van der Waals surface area contributed by atoms with Gasteiger partial charge in [0.1, 0.15) is 5.58 Å². The highest BCUT2D eigenvalue weighted by molar-refractivity contribution is 6.31. The number of amides is 1. The van der Waals surface area contributed by atoms with Crippen molar-refractivity contribution in [2.24, 2.45) is 5.92 Å². The molecule has 1 heterocycles. The minimum absolute atomic E-state index is 0.178. The van der Waals surface area contributed by atoms with Crippen LogP contribution in [-0.2, 0) is 0 Å². The van der Waals surface area contributed by atoms with Crippen molar-refractivity contribution in [1.82, 2.24) is 5.32 Å². The van der Waals surface area contributed by atoms with Crippen molar-refractivity contribution in [3.05, 3.63) is 34.5 Å². The van der Waals surface area contributed by atoms with E-state index < -0.39 is 0 Å². The molecule has 1 amide bonds. The summed E-state index contributed by atoms with van der Waals surface area (Å²) in [6, 6.07) is 5.31. The second-order valence-corrected chi connectivity index (χ2v) is 5.82. The monoisotopic (exact) mass is 309 g/mol. The van der Waals surface area contributed by atoms with Crippen molar-refractivity contribution >= 4 is 28.5 Å². The Bertz CT molecular complexity index is 636. The number of fused-ring (bicyclic) bond motifs is 1. The molecule has 4 nitrogen and oxygen atoms in total. The maximum Gasteiger partial charge on any atom is 0.287 e. The van der Waals surface area contributed by atoms with E-state index in [0.717, 1.165) is 23.8 Å². The van der Waals surface area contributed by atoms with Gasteiger partial charge in [-0.1, -0.05) is 18.5 Å². The molecule has 114 valence electrons. The topological polar surface area (TPSA) is 62.5 Å². The summed E-state index contributed by atoms with van der Waals surface area (Å²) in [5.74, 6) is 0.385. The standard InChI is InChI=1S/C16H20ClNO3/c1-10(9-19)4-3-7-18-16(20)15-11(2)13-8-12(17)5-6-14(13)21-15/h5-6,8,10,19H,3-4,7,9H2,1-2H3,(H,18,20). The Morgan fingerprint density at radius 3 is 2.95 bits per heavy atom. The fraction of sp³-hybridized carbons (Fsp3) is 0.438. The third-order valence-electron chi connectivity index (χ3n) is 3.58. The maximum absolute atomic E-state index is 12.1. The molecule has 0 saturated carbocycles. The van der Waals surface area contributed by atoms with E-state index in [2.05, 4.69) is 5.32 Å². The number of carbonyl (C=O) groups is 1. The first-order chi connectivity index (χ1) is 10.0. The SMILES string of the molecule is Cc1c(C(=O)NCCCC(C)CO)oc2ccc(Cl)cc12. The predicted octanol–water partition coefficient (Wildman–Crippen LogP) is 3.53. The molecular formula is C16H20ClNO3. The molecular weight excluding hydrogens is 290 g/mol. The molecule has 0 spiro atoms. The molecule has 0 aliphatic rings. The van der Waals surface area contributed by atoms with Crippen LogP contribution in [0.25, 0.3) is 11.0 Å². The van der Waals surface area contributed by atoms with Gasteiger partial charge in [-0.2, -0.15) is 0 Å². The molecule has 0 aliphatic heterocycles. The number of aryl methyl sites for hydroxylation is 1. The van der Waals surface area contributed by atoms with E-state index in [1.54, 1.807) is 18.2 Å². The van der Waals surface area contributed by atoms with E-state index in [-0.39, 0.29) is 18.4 Å². The summed E-state index contributed by atoms with van der Waals surface area (Å²) in [6.07, 6.45) is 1.71. The highest BCUT2D eigenvalue weighted by atomic mass is 35.5. The fourth-order valence-corrected chi connectivity index (χ4v) is 2.41. The number of hydrogen-bond acceptors (Lipinski definition) is 3. The third kappa shape index (κ3) is 3.77. The first kappa shape index (κ1) is 15.9. The van der Waals surface area contributed by atoms with Crippen LogP contribution in [0.2, 0.25) is 5.02 Å². The third-order valence-corrected chi connectivity index (χ3v) is 3.81. The summed E-state index contributed by atoms with van der Waals surface area (Å²) < 4.78 is 5.60. The molecule has 0 saturated heterocycles. The van der Waals surface area contributed by atoms with Crippen LogP contribution in [0.3, 0.4) is 0 Å². The van der Waals surface area contributed by atoms with Gasteiger partial charge in [0.2, 0.25) is 0 Å². The molecule has 1 atom stereocenters. The van der Waals surface area contributed by atoms with Gasteiger partial charge in [-0.25, -0.2) is 0 Å². The molecule has 0 radical (unpaired) electrons. The first-order valence-corrected chi connectivity index (χ1v) is 7.48. The fourth-order valence-electron chi connectivity index (χ4n) is 2.23. The number of furan rings is 1. The molecule has 2 rings (SSSR count). The normalized spacial score (nSPS) is 12.6. The van der Waals surface area contributed by atoms with Crippen molar-refractivity contribution in [2.45, 2.75) is 26.7 Å². The van der Waals surface area contributed by atoms with Gasteiger partial charge in [-0.05, 0) is 43.9 Å². The zero-order chi connectivity index (χ0) is 15.4. The zero-order valence-corrected chi connectivity index (χ0v) is 13.0. The first-order valence-electron chi connectivity index (χ1n) is 7.10. The Balaban J connectivity index is 2.01. The van der Waals surface area contributed by atoms with Gasteiger partial charge in [0, 0.05) is 29.1 Å². The van der Waals surface area contributed by atoms with E-state index in [1.165, 1.54) is 0 Å². The number of carbonyl (C=O) groups excluding carboxylic acids is 1. The maximum atomic E-state index is 12.1. The number of hydrogen-bond donors (Lipinski definition) is 2. The van der Waals surface area contributed by atoms with E-state index >= 15 is 0 Å². The van der Waals surface area contributed by atoms with Gasteiger partial charge in [-0.15, -0.1) is 0 Å². The van der Waals surface area contributed by atoms with Crippen LogP contribution in [0.5, 0.6) is 0 Å². The van der Waals surface area contributed by atoms with Crippen LogP contribution in [0.15, 0.2) is 22.6 Å². The van der Waals surface area contributed by atoms with Crippen molar-refractivity contribution < 1.29 is 14.3 Å². The van der Waals surface area contributed by atoms with Gasteiger partial charge in [0.05, 0.1) is 0 Å². The predicted molar refractivity (Wildman–Crippen MR) is 83.8 cm³/mol. The quantitative estimate of drug-likeness (QED) is 0.802. The van der Waals surface area contributed by atoms with Gasteiger partial charge in [0.25, 0.3) is 5.91 Å². The molecule has 1 aromatic carbocycles. The van der Waals surface area contributed by atoms with Crippen molar-refractivity contribution in [3.8, 4) is 0 Å². The van der Waals surface area contributed by atoms with Gasteiger partial charge >= 0.3 is 0 Å². The summed E-state index contributed by atoms with van der Waals surface area (Å²) in [5.41, 5.74) is 1.46. The van der Waals surface area contributed by atoms with Crippen LogP contribution < -0.4 is 5.32 Å². The zero-order valence-electron chi connectivity index (χ0n) is 12.3. The lowest BCUT2D eigenvalue weighted by atomic mass is 10.1. The largest absolute Gasteiger partial charge is 0.451 e. The number of aliphatic hydroxyl groups is 1. The minimum Gasteiger partial charge on any atom is -0.451 e. The number of aliphatic hydroxyl groups excluding tert-OH is 1. The van der Waals surface area contributed by atoms with Crippen molar-refractivity contribution in [1.29, 1.82) is 0 Å². The van der Waals surface area contributed by atoms with Crippen LogP contribution in [0.1, 0.15) is 35.9 Å². The van der Waals surface area contributed by atoms with Crippen LogP contribution in [0.4, 0.5) is 0 Å². The second kappa shape index (κ2) is 6.96. The molecule has 5 heteroatoms. The Morgan fingerprint density at radius 2 is 2.24 bits per heavy atom. The highest BCUT2D eigenvalue weighted by Gasteiger charge is 2.17. The number of halogens is 1.